The van der Waals surface area contributed by atoms with Gasteiger partial charge < -0.3 is 25.9 Å². The summed E-state index contributed by atoms with van der Waals surface area (Å²) in [5, 5.41) is 25.0. The zero-order chi connectivity index (χ0) is 14.1. The molecule has 0 fully saturated rings. The Balaban J connectivity index is 0.000000360. The van der Waals surface area contributed by atoms with Crippen LogP contribution in [0.25, 0.3) is 0 Å². The summed E-state index contributed by atoms with van der Waals surface area (Å²) < 4.78 is 10.4. The van der Waals surface area contributed by atoms with Gasteiger partial charge >= 0.3 is 5.97 Å². The summed E-state index contributed by atoms with van der Waals surface area (Å²) in [5.41, 5.74) is 5.25. The van der Waals surface area contributed by atoms with Crippen LogP contribution in [0.15, 0.2) is 30.3 Å². The monoisotopic (exact) mass is 277 g/mol. The van der Waals surface area contributed by atoms with Gasteiger partial charge in [0.25, 0.3) is 0 Å². The predicted molar refractivity (Wildman–Crippen MR) is 65.3 cm³/mol. The van der Waals surface area contributed by atoms with Crippen LogP contribution in [0.4, 0.5) is 0 Å². The zero-order valence-corrected chi connectivity index (χ0v) is 10.4. The fraction of sp³-hybridized carbons (Fsp3) is 0.300. The van der Waals surface area contributed by atoms with Crippen molar-refractivity contribution in [1.82, 2.24) is 0 Å². The molecule has 1 aromatic carbocycles. The summed E-state index contributed by atoms with van der Waals surface area (Å²) in [5.74, 6) is -2.40. The largest absolute Gasteiger partial charge is 0.480 e. The van der Waals surface area contributed by atoms with Gasteiger partial charge in [0.1, 0.15) is 6.04 Å². The molecule has 0 saturated carbocycles. The SMILES string of the molecule is N[C@@H](CO)C(=O)O.O=[PH](O)C(O)c1ccccc1. The number of hydrogen-bond acceptors (Lipinski definition) is 5. The molecule has 0 amide bonds. The smallest absolute Gasteiger partial charge is 0.322 e. The standard InChI is InChI=1S/C7H9O3P.C3H7NO3/c8-7(11(9)10)6-4-2-1-3-5-6;4-2(1-5)3(6)7/h1-5,7-8,11H,(H,9,10);2,5H,1,4H2,(H,6,7)/t;2-/m.0/s1. The van der Waals surface area contributed by atoms with E-state index in [1.807, 2.05) is 0 Å². The molecule has 0 aliphatic rings. The summed E-state index contributed by atoms with van der Waals surface area (Å²) >= 11 is 0. The molecule has 2 unspecified atom stereocenters. The molecule has 0 spiro atoms. The van der Waals surface area contributed by atoms with Gasteiger partial charge in [-0.15, -0.1) is 0 Å². The molecule has 0 heterocycles. The lowest BCUT2D eigenvalue weighted by Crippen LogP contribution is -2.33. The maximum absolute atomic E-state index is 10.4. The lowest BCUT2D eigenvalue weighted by Gasteiger charge is -2.04. The van der Waals surface area contributed by atoms with Crippen molar-refractivity contribution < 1.29 is 29.6 Å². The number of hydrogen-bond donors (Lipinski definition) is 5. The van der Waals surface area contributed by atoms with Gasteiger partial charge in [0.15, 0.2) is 5.85 Å². The van der Waals surface area contributed by atoms with Crippen molar-refractivity contribution in [1.29, 1.82) is 0 Å². The number of aliphatic hydroxyl groups excluding tert-OH is 2. The van der Waals surface area contributed by atoms with E-state index >= 15 is 0 Å². The van der Waals surface area contributed by atoms with Gasteiger partial charge in [-0.05, 0) is 5.56 Å². The summed E-state index contributed by atoms with van der Waals surface area (Å²) in [6.07, 6.45) is 0. The molecule has 1 rings (SSSR count). The Morgan fingerprint density at radius 1 is 1.33 bits per heavy atom. The van der Waals surface area contributed by atoms with Crippen molar-refractivity contribution in [3.05, 3.63) is 35.9 Å². The first kappa shape index (κ1) is 16.8. The molecule has 3 atom stereocenters. The Morgan fingerprint density at radius 3 is 2.11 bits per heavy atom. The normalized spacial score (nSPS) is 14.9. The number of carboxylic acids is 1. The zero-order valence-electron chi connectivity index (χ0n) is 9.43. The molecule has 102 valence electrons. The number of aliphatic carboxylic acids is 1. The van der Waals surface area contributed by atoms with E-state index in [1.165, 1.54) is 0 Å². The van der Waals surface area contributed by atoms with Crippen molar-refractivity contribution in [2.24, 2.45) is 5.73 Å². The van der Waals surface area contributed by atoms with Crippen LogP contribution in [0.3, 0.4) is 0 Å². The van der Waals surface area contributed by atoms with Crippen LogP contribution in [-0.4, -0.2) is 38.8 Å². The van der Waals surface area contributed by atoms with Gasteiger partial charge in [0.05, 0.1) is 6.61 Å². The maximum atomic E-state index is 10.4. The second kappa shape index (κ2) is 8.79. The molecule has 1 aromatic rings. The molecule has 8 heteroatoms. The Bertz CT molecular complexity index is 385. The van der Waals surface area contributed by atoms with E-state index < -0.39 is 32.5 Å². The molecular formula is C10H16NO6P. The number of benzene rings is 1. The van der Waals surface area contributed by atoms with E-state index in [4.69, 9.17) is 25.9 Å². The minimum absolute atomic E-state index is 0.485. The average Bonchev–Trinajstić information content (AvgIpc) is 2.38. The van der Waals surface area contributed by atoms with Crippen molar-refractivity contribution in [3.8, 4) is 0 Å². The highest BCUT2D eigenvalue weighted by molar-refractivity contribution is 7.38. The van der Waals surface area contributed by atoms with E-state index in [2.05, 4.69) is 0 Å². The summed E-state index contributed by atoms with van der Waals surface area (Å²) in [6.45, 7) is -0.505. The molecule has 0 aliphatic heterocycles. The highest BCUT2D eigenvalue weighted by Gasteiger charge is 2.10. The third-order valence-corrected chi connectivity index (χ3v) is 2.66. The molecular weight excluding hydrogens is 261 g/mol. The first-order valence-electron chi connectivity index (χ1n) is 4.95. The molecule has 0 saturated heterocycles. The molecule has 7 nitrogen and oxygen atoms in total. The predicted octanol–water partition coefficient (Wildman–Crippen LogP) is -0.465. The van der Waals surface area contributed by atoms with Crippen molar-refractivity contribution in [3.63, 3.8) is 0 Å². The maximum Gasteiger partial charge on any atom is 0.322 e. The third kappa shape index (κ3) is 6.48. The van der Waals surface area contributed by atoms with Crippen LogP contribution in [0.5, 0.6) is 0 Å². The van der Waals surface area contributed by atoms with Crippen LogP contribution < -0.4 is 5.73 Å². The highest BCUT2D eigenvalue weighted by atomic mass is 31.1. The summed E-state index contributed by atoms with van der Waals surface area (Å²) in [7, 11) is -2.86. The second-order valence-corrected chi connectivity index (χ2v) is 4.50. The van der Waals surface area contributed by atoms with E-state index in [9.17, 15) is 9.36 Å². The van der Waals surface area contributed by atoms with Crippen LogP contribution >= 0.6 is 8.03 Å². The van der Waals surface area contributed by atoms with E-state index in [1.54, 1.807) is 30.3 Å². The van der Waals surface area contributed by atoms with Gasteiger partial charge in [-0.1, -0.05) is 30.3 Å². The molecule has 0 aromatic heterocycles. The lowest BCUT2D eigenvalue weighted by atomic mass is 10.2. The Labute approximate surface area is 104 Å². The summed E-state index contributed by atoms with van der Waals surface area (Å²) in [4.78, 5) is 18.2. The van der Waals surface area contributed by atoms with Crippen molar-refractivity contribution in [2.45, 2.75) is 11.9 Å². The molecule has 18 heavy (non-hydrogen) atoms. The van der Waals surface area contributed by atoms with Crippen molar-refractivity contribution >= 4 is 14.0 Å². The summed E-state index contributed by atoms with van der Waals surface area (Å²) in [6, 6.07) is 7.31. The fourth-order valence-electron chi connectivity index (χ4n) is 0.856. The quantitative estimate of drug-likeness (QED) is 0.468. The van der Waals surface area contributed by atoms with Gasteiger partial charge in [-0.2, -0.15) is 0 Å². The molecule has 0 radical (unpaired) electrons. The molecule has 0 bridgehead atoms. The lowest BCUT2D eigenvalue weighted by molar-refractivity contribution is -0.139. The number of rotatable bonds is 4. The van der Waals surface area contributed by atoms with Gasteiger partial charge in [-0.3, -0.25) is 9.36 Å². The van der Waals surface area contributed by atoms with Crippen LogP contribution in [0, 0.1) is 0 Å². The third-order valence-electron chi connectivity index (χ3n) is 1.86. The average molecular weight is 277 g/mol. The first-order valence-corrected chi connectivity index (χ1v) is 6.38. The first-order chi connectivity index (χ1) is 8.40. The van der Waals surface area contributed by atoms with Gasteiger partial charge in [-0.25, -0.2) is 0 Å². The number of carbonyl (C=O) groups is 1. The van der Waals surface area contributed by atoms with E-state index in [-0.39, 0.29) is 0 Å². The Kier molecular flexibility index (Phi) is 8.19. The number of aliphatic hydroxyl groups is 2. The second-order valence-electron chi connectivity index (χ2n) is 3.28. The minimum Gasteiger partial charge on any atom is -0.480 e. The van der Waals surface area contributed by atoms with Gasteiger partial charge in [0, 0.05) is 0 Å². The van der Waals surface area contributed by atoms with Crippen LogP contribution in [-0.2, 0) is 9.36 Å². The number of carboxylic acid groups (broad SMARTS) is 1. The number of nitrogens with two attached hydrogens (primary N) is 1. The highest BCUT2D eigenvalue weighted by Crippen LogP contribution is 2.34. The van der Waals surface area contributed by atoms with Crippen molar-refractivity contribution in [2.75, 3.05) is 6.61 Å². The molecule has 0 aliphatic carbocycles. The Hall–Kier alpha value is -1.24. The van der Waals surface area contributed by atoms with Gasteiger partial charge in [0.2, 0.25) is 8.03 Å². The van der Waals surface area contributed by atoms with Crippen LogP contribution in [0.2, 0.25) is 0 Å². The fourth-order valence-corrected chi connectivity index (χ4v) is 1.33. The van der Waals surface area contributed by atoms with E-state index in [0.29, 0.717) is 5.56 Å². The topological polar surface area (TPSA) is 141 Å². The minimum atomic E-state index is -2.86. The van der Waals surface area contributed by atoms with E-state index in [0.717, 1.165) is 0 Å². The molecule has 6 N–H and O–H groups in total. The Morgan fingerprint density at radius 2 is 1.83 bits per heavy atom. The van der Waals surface area contributed by atoms with Crippen LogP contribution in [0.1, 0.15) is 11.4 Å².